The van der Waals surface area contributed by atoms with Crippen molar-refractivity contribution in [2.75, 3.05) is 26.3 Å². The molecule has 0 spiro atoms. The standard InChI is InChI=1S/C12H24N2O/c1-12(5-9-15-10-6-12)14-8-2-7-13-11-3-4-11/h11,13-14H,2-10H2,1H3. The highest BCUT2D eigenvalue weighted by Gasteiger charge is 2.26. The number of hydrogen-bond acceptors (Lipinski definition) is 3. The van der Waals surface area contributed by atoms with Gasteiger partial charge in [0.05, 0.1) is 0 Å². The molecule has 2 fully saturated rings. The van der Waals surface area contributed by atoms with Gasteiger partial charge in [-0.1, -0.05) is 0 Å². The molecule has 1 aliphatic heterocycles. The first-order chi connectivity index (χ1) is 7.29. The van der Waals surface area contributed by atoms with Gasteiger partial charge in [0.25, 0.3) is 0 Å². The third kappa shape index (κ3) is 4.09. The maximum absolute atomic E-state index is 5.38. The van der Waals surface area contributed by atoms with E-state index in [4.69, 9.17) is 4.74 Å². The van der Waals surface area contributed by atoms with Crippen molar-refractivity contribution in [3.05, 3.63) is 0 Å². The van der Waals surface area contributed by atoms with Crippen molar-refractivity contribution in [1.82, 2.24) is 10.6 Å². The minimum atomic E-state index is 0.331. The molecular formula is C12H24N2O. The molecule has 2 rings (SSSR count). The molecule has 0 bridgehead atoms. The van der Waals surface area contributed by atoms with Gasteiger partial charge in [-0.25, -0.2) is 0 Å². The molecule has 2 N–H and O–H groups in total. The van der Waals surface area contributed by atoms with Crippen LogP contribution in [-0.4, -0.2) is 37.9 Å². The molecule has 1 aliphatic carbocycles. The summed E-state index contributed by atoms with van der Waals surface area (Å²) >= 11 is 0. The summed E-state index contributed by atoms with van der Waals surface area (Å²) in [5.74, 6) is 0. The molecule has 1 saturated carbocycles. The summed E-state index contributed by atoms with van der Waals surface area (Å²) in [7, 11) is 0. The van der Waals surface area contributed by atoms with Crippen LogP contribution in [0.25, 0.3) is 0 Å². The zero-order chi connectivity index (χ0) is 10.6. The van der Waals surface area contributed by atoms with Crippen LogP contribution in [-0.2, 0) is 4.74 Å². The molecule has 0 aromatic carbocycles. The quantitative estimate of drug-likeness (QED) is 0.651. The smallest absolute Gasteiger partial charge is 0.0483 e. The lowest BCUT2D eigenvalue weighted by molar-refractivity contribution is 0.0454. The monoisotopic (exact) mass is 212 g/mol. The van der Waals surface area contributed by atoms with E-state index in [1.165, 1.54) is 25.8 Å². The van der Waals surface area contributed by atoms with Crippen LogP contribution >= 0.6 is 0 Å². The lowest BCUT2D eigenvalue weighted by Gasteiger charge is -2.34. The third-order valence-corrected chi connectivity index (χ3v) is 3.51. The average molecular weight is 212 g/mol. The van der Waals surface area contributed by atoms with Crippen LogP contribution in [0.3, 0.4) is 0 Å². The molecule has 0 atom stereocenters. The number of nitrogens with one attached hydrogen (secondary N) is 2. The summed E-state index contributed by atoms with van der Waals surface area (Å²) in [5, 5.41) is 7.21. The maximum atomic E-state index is 5.38. The fourth-order valence-electron chi connectivity index (χ4n) is 2.07. The van der Waals surface area contributed by atoms with Crippen LogP contribution in [0, 0.1) is 0 Å². The lowest BCUT2D eigenvalue weighted by Crippen LogP contribution is -2.47. The van der Waals surface area contributed by atoms with E-state index in [1.54, 1.807) is 0 Å². The molecule has 0 unspecified atom stereocenters. The second-order valence-electron chi connectivity index (χ2n) is 5.18. The van der Waals surface area contributed by atoms with E-state index in [1.807, 2.05) is 0 Å². The average Bonchev–Trinajstić information content (AvgIpc) is 3.02. The first-order valence-corrected chi connectivity index (χ1v) is 6.35. The van der Waals surface area contributed by atoms with Crippen LogP contribution in [0.2, 0.25) is 0 Å². The van der Waals surface area contributed by atoms with Gasteiger partial charge in [0.15, 0.2) is 0 Å². The van der Waals surface area contributed by atoms with Crippen molar-refractivity contribution in [2.24, 2.45) is 0 Å². The summed E-state index contributed by atoms with van der Waals surface area (Å²) in [4.78, 5) is 0. The molecule has 1 saturated heterocycles. The number of hydrogen-bond donors (Lipinski definition) is 2. The number of rotatable bonds is 6. The predicted molar refractivity (Wildman–Crippen MR) is 62.1 cm³/mol. The molecule has 15 heavy (non-hydrogen) atoms. The highest BCUT2D eigenvalue weighted by molar-refractivity contribution is 4.85. The van der Waals surface area contributed by atoms with E-state index in [9.17, 15) is 0 Å². The summed E-state index contributed by atoms with van der Waals surface area (Å²) in [6, 6.07) is 0.851. The van der Waals surface area contributed by atoms with Crippen molar-refractivity contribution in [1.29, 1.82) is 0 Å². The van der Waals surface area contributed by atoms with Crippen LogP contribution in [0.1, 0.15) is 39.0 Å². The zero-order valence-electron chi connectivity index (χ0n) is 9.85. The normalized spacial score (nSPS) is 25.4. The minimum Gasteiger partial charge on any atom is -0.381 e. The first-order valence-electron chi connectivity index (χ1n) is 6.35. The summed E-state index contributed by atoms with van der Waals surface area (Å²) < 4.78 is 5.38. The Hall–Kier alpha value is -0.120. The summed E-state index contributed by atoms with van der Waals surface area (Å²) in [6.45, 7) is 6.47. The zero-order valence-corrected chi connectivity index (χ0v) is 9.85. The third-order valence-electron chi connectivity index (χ3n) is 3.51. The fourth-order valence-corrected chi connectivity index (χ4v) is 2.07. The van der Waals surface area contributed by atoms with E-state index in [-0.39, 0.29) is 0 Å². The van der Waals surface area contributed by atoms with Gasteiger partial charge >= 0.3 is 0 Å². The Morgan fingerprint density at radius 3 is 2.60 bits per heavy atom. The second kappa shape index (κ2) is 5.28. The Kier molecular flexibility index (Phi) is 4.00. The van der Waals surface area contributed by atoms with Crippen LogP contribution in [0.15, 0.2) is 0 Å². The Balaban J connectivity index is 1.51. The molecule has 3 nitrogen and oxygen atoms in total. The lowest BCUT2D eigenvalue weighted by atomic mass is 9.92. The van der Waals surface area contributed by atoms with E-state index < -0.39 is 0 Å². The SMILES string of the molecule is CC1(NCCCNC2CC2)CCOCC1. The molecule has 0 aromatic rings. The van der Waals surface area contributed by atoms with Gasteiger partial charge in [-0.15, -0.1) is 0 Å². The maximum Gasteiger partial charge on any atom is 0.0483 e. The summed E-state index contributed by atoms with van der Waals surface area (Å²) in [6.07, 6.45) is 6.34. The van der Waals surface area contributed by atoms with Crippen molar-refractivity contribution in [3.63, 3.8) is 0 Å². The Morgan fingerprint density at radius 2 is 1.93 bits per heavy atom. The molecule has 1 heterocycles. The van der Waals surface area contributed by atoms with Crippen molar-refractivity contribution < 1.29 is 4.74 Å². The first kappa shape index (κ1) is 11.4. The predicted octanol–water partition coefficient (Wildman–Crippen LogP) is 1.29. The van der Waals surface area contributed by atoms with Gasteiger partial charge in [-0.05, 0) is 52.1 Å². The van der Waals surface area contributed by atoms with Crippen molar-refractivity contribution in [2.45, 2.75) is 50.6 Å². The number of ether oxygens (including phenoxy) is 1. The van der Waals surface area contributed by atoms with Crippen molar-refractivity contribution >= 4 is 0 Å². The molecule has 0 aromatic heterocycles. The van der Waals surface area contributed by atoms with E-state index in [0.717, 1.165) is 38.6 Å². The summed E-state index contributed by atoms with van der Waals surface area (Å²) in [5.41, 5.74) is 0.331. The Bertz CT molecular complexity index is 186. The molecule has 88 valence electrons. The topological polar surface area (TPSA) is 33.3 Å². The highest BCUT2D eigenvalue weighted by Crippen LogP contribution is 2.20. The van der Waals surface area contributed by atoms with Crippen LogP contribution < -0.4 is 10.6 Å². The molecule has 3 heteroatoms. The van der Waals surface area contributed by atoms with E-state index >= 15 is 0 Å². The highest BCUT2D eigenvalue weighted by atomic mass is 16.5. The van der Waals surface area contributed by atoms with Gasteiger partial charge in [0, 0.05) is 24.8 Å². The molecular weight excluding hydrogens is 188 g/mol. The van der Waals surface area contributed by atoms with Gasteiger partial charge < -0.3 is 15.4 Å². The van der Waals surface area contributed by atoms with E-state index in [0.29, 0.717) is 5.54 Å². The van der Waals surface area contributed by atoms with Crippen LogP contribution in [0.4, 0.5) is 0 Å². The second-order valence-corrected chi connectivity index (χ2v) is 5.18. The van der Waals surface area contributed by atoms with E-state index in [2.05, 4.69) is 17.6 Å². The Morgan fingerprint density at radius 1 is 1.20 bits per heavy atom. The molecule has 0 amide bonds. The molecule has 0 radical (unpaired) electrons. The van der Waals surface area contributed by atoms with Gasteiger partial charge in [-0.3, -0.25) is 0 Å². The fraction of sp³-hybridized carbons (Fsp3) is 1.00. The van der Waals surface area contributed by atoms with Gasteiger partial charge in [0.1, 0.15) is 0 Å². The van der Waals surface area contributed by atoms with Gasteiger partial charge in [-0.2, -0.15) is 0 Å². The Labute approximate surface area is 93.0 Å². The van der Waals surface area contributed by atoms with Gasteiger partial charge in [0.2, 0.25) is 0 Å². The van der Waals surface area contributed by atoms with Crippen LogP contribution in [0.5, 0.6) is 0 Å². The van der Waals surface area contributed by atoms with Crippen molar-refractivity contribution in [3.8, 4) is 0 Å². The largest absolute Gasteiger partial charge is 0.381 e. The molecule has 2 aliphatic rings. The minimum absolute atomic E-state index is 0.331.